The van der Waals surface area contributed by atoms with Gasteiger partial charge in [0.25, 0.3) is 11.6 Å². The molecular formula is C19H22N2O4. The molecule has 132 valence electrons. The van der Waals surface area contributed by atoms with Crippen molar-refractivity contribution in [3.05, 3.63) is 75.3 Å². The average molecular weight is 342 g/mol. The second kappa shape index (κ2) is 8.39. The van der Waals surface area contributed by atoms with Crippen LogP contribution in [0.25, 0.3) is 0 Å². The number of hydrogen-bond donors (Lipinski definition) is 2. The predicted molar refractivity (Wildman–Crippen MR) is 95.6 cm³/mol. The van der Waals surface area contributed by atoms with Gasteiger partial charge >= 0.3 is 0 Å². The summed E-state index contributed by atoms with van der Waals surface area (Å²) in [4.78, 5) is 22.8. The summed E-state index contributed by atoms with van der Waals surface area (Å²) >= 11 is 0. The van der Waals surface area contributed by atoms with Crippen LogP contribution in [0.1, 0.15) is 40.7 Å². The Labute approximate surface area is 146 Å². The van der Waals surface area contributed by atoms with E-state index in [1.54, 1.807) is 19.9 Å². The zero-order valence-electron chi connectivity index (χ0n) is 14.3. The van der Waals surface area contributed by atoms with Crippen LogP contribution in [-0.4, -0.2) is 28.6 Å². The lowest BCUT2D eigenvalue weighted by atomic mass is 9.93. The molecule has 0 aliphatic heterocycles. The molecule has 2 N–H and O–H groups in total. The number of nitro benzene ring substituents is 1. The molecule has 6 heteroatoms. The number of carbonyl (C=O) groups excluding carboxylic acids is 1. The molecule has 0 heterocycles. The average Bonchev–Trinajstić information content (AvgIpc) is 2.58. The molecule has 2 aromatic carbocycles. The standard InChI is InChI=1S/C19H22N2O4/c1-13-8-16(11-18(9-13)21(24)25)19(23)20-12-17(10-14(2)22)15-6-4-3-5-7-15/h3-9,11,14,17,22H,10,12H2,1-2H3,(H,20,23). The summed E-state index contributed by atoms with van der Waals surface area (Å²) in [5.41, 5.74) is 1.84. The molecule has 0 aliphatic carbocycles. The van der Waals surface area contributed by atoms with Crippen molar-refractivity contribution >= 4 is 11.6 Å². The second-order valence-corrected chi connectivity index (χ2v) is 6.22. The van der Waals surface area contributed by atoms with Crippen LogP contribution < -0.4 is 5.32 Å². The van der Waals surface area contributed by atoms with Gasteiger partial charge in [-0.3, -0.25) is 14.9 Å². The summed E-state index contributed by atoms with van der Waals surface area (Å²) in [6.07, 6.45) is 0.0142. The van der Waals surface area contributed by atoms with E-state index in [1.807, 2.05) is 30.3 Å². The summed E-state index contributed by atoms with van der Waals surface area (Å²) < 4.78 is 0. The van der Waals surface area contributed by atoms with E-state index in [2.05, 4.69) is 5.32 Å². The van der Waals surface area contributed by atoms with E-state index in [4.69, 9.17) is 0 Å². The van der Waals surface area contributed by atoms with Crippen LogP contribution in [-0.2, 0) is 0 Å². The molecule has 0 spiro atoms. The summed E-state index contributed by atoms with van der Waals surface area (Å²) in [5.74, 6) is -0.400. The molecule has 0 saturated carbocycles. The molecule has 1 amide bonds. The molecule has 6 nitrogen and oxygen atoms in total. The third-order valence-corrected chi connectivity index (χ3v) is 3.94. The van der Waals surface area contributed by atoms with Gasteiger partial charge in [0.15, 0.2) is 0 Å². The maximum Gasteiger partial charge on any atom is 0.270 e. The number of nitrogens with one attached hydrogen (secondary N) is 1. The number of carbonyl (C=O) groups is 1. The minimum Gasteiger partial charge on any atom is -0.393 e. The highest BCUT2D eigenvalue weighted by molar-refractivity contribution is 5.95. The van der Waals surface area contributed by atoms with Gasteiger partial charge in [-0.15, -0.1) is 0 Å². The van der Waals surface area contributed by atoms with Crippen LogP contribution in [0.4, 0.5) is 5.69 Å². The molecule has 0 saturated heterocycles. The summed E-state index contributed by atoms with van der Waals surface area (Å²) in [5, 5.41) is 23.5. The molecule has 25 heavy (non-hydrogen) atoms. The van der Waals surface area contributed by atoms with Gasteiger partial charge in [-0.2, -0.15) is 0 Å². The van der Waals surface area contributed by atoms with Crippen molar-refractivity contribution in [1.29, 1.82) is 0 Å². The van der Waals surface area contributed by atoms with Gasteiger partial charge in [-0.05, 0) is 37.5 Å². The predicted octanol–water partition coefficient (Wildman–Crippen LogP) is 3.19. The van der Waals surface area contributed by atoms with Crippen molar-refractivity contribution in [3.63, 3.8) is 0 Å². The molecule has 0 bridgehead atoms. The Morgan fingerprint density at radius 2 is 1.92 bits per heavy atom. The number of aryl methyl sites for hydroxylation is 1. The highest BCUT2D eigenvalue weighted by Gasteiger charge is 2.17. The maximum atomic E-state index is 12.4. The molecule has 2 aromatic rings. The SMILES string of the molecule is Cc1cc(C(=O)NCC(CC(C)O)c2ccccc2)cc([N+](=O)[O-])c1. The van der Waals surface area contributed by atoms with Crippen LogP contribution in [0, 0.1) is 17.0 Å². The zero-order valence-corrected chi connectivity index (χ0v) is 14.3. The minimum atomic E-state index is -0.510. The first kappa shape index (κ1) is 18.6. The lowest BCUT2D eigenvalue weighted by molar-refractivity contribution is -0.384. The number of rotatable bonds is 7. The Morgan fingerprint density at radius 3 is 2.52 bits per heavy atom. The molecule has 0 aromatic heterocycles. The molecule has 2 rings (SSSR count). The number of hydrogen-bond acceptors (Lipinski definition) is 4. The van der Waals surface area contributed by atoms with Gasteiger partial charge in [0, 0.05) is 30.2 Å². The van der Waals surface area contributed by atoms with Crippen molar-refractivity contribution in [2.75, 3.05) is 6.54 Å². The van der Waals surface area contributed by atoms with Crippen LogP contribution in [0.5, 0.6) is 0 Å². The number of non-ortho nitro benzene ring substituents is 1. The van der Waals surface area contributed by atoms with Crippen LogP contribution in [0.2, 0.25) is 0 Å². The molecule has 0 aliphatic rings. The number of nitrogens with zero attached hydrogens (tertiary/aromatic N) is 1. The molecule has 0 fully saturated rings. The van der Waals surface area contributed by atoms with Gasteiger partial charge in [-0.25, -0.2) is 0 Å². The van der Waals surface area contributed by atoms with Crippen molar-refractivity contribution in [3.8, 4) is 0 Å². The highest BCUT2D eigenvalue weighted by Crippen LogP contribution is 2.21. The Bertz CT molecular complexity index is 744. The first-order valence-electron chi connectivity index (χ1n) is 8.14. The summed E-state index contributed by atoms with van der Waals surface area (Å²) in [7, 11) is 0. The van der Waals surface area contributed by atoms with E-state index in [9.17, 15) is 20.0 Å². The largest absolute Gasteiger partial charge is 0.393 e. The van der Waals surface area contributed by atoms with Crippen LogP contribution >= 0.6 is 0 Å². The Morgan fingerprint density at radius 1 is 1.24 bits per heavy atom. The lowest BCUT2D eigenvalue weighted by Gasteiger charge is -2.19. The Hall–Kier alpha value is -2.73. The van der Waals surface area contributed by atoms with E-state index in [-0.39, 0.29) is 23.1 Å². The monoisotopic (exact) mass is 342 g/mol. The Kier molecular flexibility index (Phi) is 6.25. The molecule has 2 atom stereocenters. The molecular weight excluding hydrogens is 320 g/mol. The summed E-state index contributed by atoms with van der Waals surface area (Å²) in [6.45, 7) is 3.77. The van der Waals surface area contributed by atoms with Crippen molar-refractivity contribution < 1.29 is 14.8 Å². The fraction of sp³-hybridized carbons (Fsp3) is 0.316. The Balaban J connectivity index is 2.12. The molecule has 2 unspecified atom stereocenters. The topological polar surface area (TPSA) is 92.5 Å². The van der Waals surface area contributed by atoms with E-state index in [0.717, 1.165) is 5.56 Å². The number of aliphatic hydroxyl groups excluding tert-OH is 1. The van der Waals surface area contributed by atoms with Crippen molar-refractivity contribution in [2.24, 2.45) is 0 Å². The van der Waals surface area contributed by atoms with Crippen LogP contribution in [0.3, 0.4) is 0 Å². The van der Waals surface area contributed by atoms with Gasteiger partial charge in [-0.1, -0.05) is 30.3 Å². The third-order valence-electron chi connectivity index (χ3n) is 3.94. The first-order valence-corrected chi connectivity index (χ1v) is 8.14. The van der Waals surface area contributed by atoms with Crippen LogP contribution in [0.15, 0.2) is 48.5 Å². The van der Waals surface area contributed by atoms with E-state index in [1.165, 1.54) is 12.1 Å². The van der Waals surface area contributed by atoms with Gasteiger partial charge in [0.2, 0.25) is 0 Å². The van der Waals surface area contributed by atoms with E-state index < -0.39 is 11.0 Å². The van der Waals surface area contributed by atoms with Crippen molar-refractivity contribution in [1.82, 2.24) is 5.32 Å². The summed E-state index contributed by atoms with van der Waals surface area (Å²) in [6, 6.07) is 14.0. The van der Waals surface area contributed by atoms with Gasteiger partial charge in [0.05, 0.1) is 11.0 Å². The smallest absolute Gasteiger partial charge is 0.270 e. The molecule has 0 radical (unpaired) electrons. The number of nitro groups is 1. The third kappa shape index (κ3) is 5.39. The first-order chi connectivity index (χ1) is 11.9. The van der Waals surface area contributed by atoms with E-state index >= 15 is 0 Å². The fourth-order valence-corrected chi connectivity index (χ4v) is 2.79. The minimum absolute atomic E-state index is 0.0371. The number of benzene rings is 2. The fourth-order valence-electron chi connectivity index (χ4n) is 2.79. The number of amides is 1. The zero-order chi connectivity index (χ0) is 18.4. The highest BCUT2D eigenvalue weighted by atomic mass is 16.6. The normalized spacial score (nSPS) is 13.1. The second-order valence-electron chi connectivity index (χ2n) is 6.22. The van der Waals surface area contributed by atoms with Gasteiger partial charge in [0.1, 0.15) is 0 Å². The van der Waals surface area contributed by atoms with Crippen molar-refractivity contribution in [2.45, 2.75) is 32.3 Å². The van der Waals surface area contributed by atoms with Gasteiger partial charge < -0.3 is 10.4 Å². The lowest BCUT2D eigenvalue weighted by Crippen LogP contribution is -2.29. The maximum absolute atomic E-state index is 12.4. The quantitative estimate of drug-likeness (QED) is 0.597. The van der Waals surface area contributed by atoms with E-state index in [0.29, 0.717) is 18.5 Å². The number of aliphatic hydroxyl groups is 1.